The van der Waals surface area contributed by atoms with Crippen molar-refractivity contribution in [3.63, 3.8) is 0 Å². The third-order valence-electron chi connectivity index (χ3n) is 3.63. The first kappa shape index (κ1) is 17.4. The van der Waals surface area contributed by atoms with Crippen LogP contribution >= 0.6 is 31.9 Å². The number of aryl methyl sites for hydroxylation is 1. The van der Waals surface area contributed by atoms with E-state index in [1.165, 1.54) is 0 Å². The van der Waals surface area contributed by atoms with Crippen LogP contribution in [0.1, 0.15) is 25.3 Å². The van der Waals surface area contributed by atoms with Crippen LogP contribution in [0.15, 0.2) is 26.0 Å². The number of piperidine rings is 1. The molecule has 1 aromatic rings. The SMILES string of the molecule is CCOC1CCN(S(=O)(=O)c2cc(Br)c(C)cc2Br)CC1. The van der Waals surface area contributed by atoms with Gasteiger partial charge in [0, 0.05) is 28.6 Å². The highest BCUT2D eigenvalue weighted by Crippen LogP contribution is 2.32. The van der Waals surface area contributed by atoms with Gasteiger partial charge in [0.1, 0.15) is 0 Å². The van der Waals surface area contributed by atoms with Crippen molar-refractivity contribution in [2.75, 3.05) is 19.7 Å². The molecule has 0 atom stereocenters. The molecule has 1 aliphatic rings. The molecule has 0 radical (unpaired) electrons. The van der Waals surface area contributed by atoms with Crippen molar-refractivity contribution in [2.24, 2.45) is 0 Å². The molecule has 0 aromatic heterocycles. The van der Waals surface area contributed by atoms with Crippen LogP contribution in [0.3, 0.4) is 0 Å². The van der Waals surface area contributed by atoms with E-state index < -0.39 is 10.0 Å². The number of benzene rings is 1. The fourth-order valence-corrected chi connectivity index (χ4v) is 5.55. The Hall–Kier alpha value is 0.0500. The summed E-state index contributed by atoms with van der Waals surface area (Å²) in [5, 5.41) is 0. The van der Waals surface area contributed by atoms with Gasteiger partial charge in [0.25, 0.3) is 0 Å². The largest absolute Gasteiger partial charge is 0.378 e. The number of nitrogens with zero attached hydrogens (tertiary/aromatic N) is 1. The highest BCUT2D eigenvalue weighted by Gasteiger charge is 2.31. The number of rotatable bonds is 4. The molecule has 0 unspecified atom stereocenters. The zero-order valence-electron chi connectivity index (χ0n) is 12.1. The van der Waals surface area contributed by atoms with Gasteiger partial charge in [-0.1, -0.05) is 15.9 Å². The Balaban J connectivity index is 2.22. The van der Waals surface area contributed by atoms with Gasteiger partial charge in [-0.05, 0) is 60.3 Å². The van der Waals surface area contributed by atoms with Gasteiger partial charge < -0.3 is 4.74 Å². The minimum Gasteiger partial charge on any atom is -0.378 e. The van der Waals surface area contributed by atoms with Crippen LogP contribution in [0.4, 0.5) is 0 Å². The molecular weight excluding hydrogens is 422 g/mol. The minimum absolute atomic E-state index is 0.176. The van der Waals surface area contributed by atoms with E-state index in [1.807, 2.05) is 19.9 Å². The van der Waals surface area contributed by atoms with Crippen LogP contribution in [-0.4, -0.2) is 38.5 Å². The Morgan fingerprint density at radius 2 is 1.86 bits per heavy atom. The van der Waals surface area contributed by atoms with Gasteiger partial charge in [0.15, 0.2) is 0 Å². The topological polar surface area (TPSA) is 46.6 Å². The van der Waals surface area contributed by atoms with Crippen molar-refractivity contribution in [1.29, 1.82) is 0 Å². The van der Waals surface area contributed by atoms with E-state index in [-0.39, 0.29) is 6.10 Å². The molecule has 21 heavy (non-hydrogen) atoms. The Kier molecular flexibility index (Phi) is 5.87. The number of hydrogen-bond donors (Lipinski definition) is 0. The smallest absolute Gasteiger partial charge is 0.244 e. The summed E-state index contributed by atoms with van der Waals surface area (Å²) in [6, 6.07) is 3.49. The molecule has 1 aromatic carbocycles. The number of ether oxygens (including phenoxy) is 1. The second-order valence-electron chi connectivity index (χ2n) is 5.09. The zero-order valence-corrected chi connectivity index (χ0v) is 16.1. The van der Waals surface area contributed by atoms with Crippen molar-refractivity contribution in [3.05, 3.63) is 26.6 Å². The molecule has 7 heteroatoms. The Morgan fingerprint density at radius 1 is 1.24 bits per heavy atom. The summed E-state index contributed by atoms with van der Waals surface area (Å²) in [6.07, 6.45) is 1.67. The molecule has 0 saturated carbocycles. The molecule has 1 aliphatic heterocycles. The van der Waals surface area contributed by atoms with Crippen molar-refractivity contribution < 1.29 is 13.2 Å². The van der Waals surface area contributed by atoms with Gasteiger partial charge in [0.2, 0.25) is 10.0 Å². The molecule has 1 fully saturated rings. The molecule has 118 valence electrons. The van der Waals surface area contributed by atoms with Gasteiger partial charge in [-0.2, -0.15) is 4.31 Å². The van der Waals surface area contributed by atoms with Crippen molar-refractivity contribution in [1.82, 2.24) is 4.31 Å². The van der Waals surface area contributed by atoms with Gasteiger partial charge in [0.05, 0.1) is 11.0 Å². The molecule has 4 nitrogen and oxygen atoms in total. The van der Waals surface area contributed by atoms with E-state index in [0.717, 1.165) is 22.9 Å². The van der Waals surface area contributed by atoms with E-state index in [1.54, 1.807) is 10.4 Å². The Morgan fingerprint density at radius 3 is 2.43 bits per heavy atom. The van der Waals surface area contributed by atoms with Crippen LogP contribution < -0.4 is 0 Å². The monoisotopic (exact) mass is 439 g/mol. The quantitative estimate of drug-likeness (QED) is 0.716. The fraction of sp³-hybridized carbons (Fsp3) is 0.571. The predicted octanol–water partition coefficient (Wildman–Crippen LogP) is 3.71. The van der Waals surface area contributed by atoms with Crippen molar-refractivity contribution >= 4 is 41.9 Å². The first-order valence-corrected chi connectivity index (χ1v) is 9.96. The fourth-order valence-electron chi connectivity index (χ4n) is 2.44. The van der Waals surface area contributed by atoms with E-state index in [4.69, 9.17) is 4.74 Å². The summed E-state index contributed by atoms with van der Waals surface area (Å²) in [4.78, 5) is 0.315. The van der Waals surface area contributed by atoms with Gasteiger partial charge >= 0.3 is 0 Å². The summed E-state index contributed by atoms with van der Waals surface area (Å²) >= 11 is 6.77. The Labute approximate surface area is 143 Å². The molecule has 2 rings (SSSR count). The highest BCUT2D eigenvalue weighted by molar-refractivity contribution is 9.11. The zero-order chi connectivity index (χ0) is 15.6. The lowest BCUT2D eigenvalue weighted by Crippen LogP contribution is -2.41. The first-order chi connectivity index (χ1) is 9.86. The van der Waals surface area contributed by atoms with Crippen molar-refractivity contribution in [3.8, 4) is 0 Å². The minimum atomic E-state index is -3.47. The summed E-state index contributed by atoms with van der Waals surface area (Å²) in [7, 11) is -3.47. The average molecular weight is 441 g/mol. The van der Waals surface area contributed by atoms with E-state index in [0.29, 0.717) is 29.1 Å². The van der Waals surface area contributed by atoms with Crippen molar-refractivity contribution in [2.45, 2.75) is 37.7 Å². The van der Waals surface area contributed by atoms with Crippen LogP contribution in [-0.2, 0) is 14.8 Å². The van der Waals surface area contributed by atoms with Crippen LogP contribution in [0.2, 0.25) is 0 Å². The van der Waals surface area contributed by atoms with Gasteiger partial charge in [-0.3, -0.25) is 0 Å². The normalized spacial score (nSPS) is 18.1. The second kappa shape index (κ2) is 7.08. The standard InChI is InChI=1S/C14H19Br2NO3S/c1-3-20-11-4-6-17(7-5-11)21(18,19)14-9-12(15)10(2)8-13(14)16/h8-9,11H,3-7H2,1-2H3. The summed E-state index contributed by atoms with van der Waals surface area (Å²) in [5.41, 5.74) is 0.996. The molecule has 1 saturated heterocycles. The third-order valence-corrected chi connectivity index (χ3v) is 7.35. The second-order valence-corrected chi connectivity index (χ2v) is 8.71. The van der Waals surface area contributed by atoms with E-state index >= 15 is 0 Å². The highest BCUT2D eigenvalue weighted by atomic mass is 79.9. The third kappa shape index (κ3) is 3.88. The average Bonchev–Trinajstić information content (AvgIpc) is 2.43. The molecule has 0 amide bonds. The van der Waals surface area contributed by atoms with Gasteiger partial charge in [-0.25, -0.2) is 8.42 Å². The summed E-state index contributed by atoms with van der Waals surface area (Å²) in [6.45, 7) is 5.58. The predicted molar refractivity (Wildman–Crippen MR) is 90.0 cm³/mol. The molecule has 0 bridgehead atoms. The summed E-state index contributed by atoms with van der Waals surface area (Å²) < 4.78 is 34.1. The van der Waals surface area contributed by atoms with Crippen LogP contribution in [0, 0.1) is 6.92 Å². The maximum absolute atomic E-state index is 12.8. The molecular formula is C14H19Br2NO3S. The summed E-state index contributed by atoms with van der Waals surface area (Å²) in [5.74, 6) is 0. The van der Waals surface area contributed by atoms with E-state index in [2.05, 4.69) is 31.9 Å². The molecule has 1 heterocycles. The number of halogens is 2. The lowest BCUT2D eigenvalue weighted by molar-refractivity contribution is 0.0290. The maximum atomic E-state index is 12.8. The van der Waals surface area contributed by atoms with Crippen LogP contribution in [0.5, 0.6) is 0 Å². The maximum Gasteiger partial charge on any atom is 0.244 e. The lowest BCUT2D eigenvalue weighted by Gasteiger charge is -2.31. The first-order valence-electron chi connectivity index (χ1n) is 6.93. The number of hydrogen-bond acceptors (Lipinski definition) is 3. The van der Waals surface area contributed by atoms with Gasteiger partial charge in [-0.15, -0.1) is 0 Å². The van der Waals surface area contributed by atoms with E-state index in [9.17, 15) is 8.42 Å². The van der Waals surface area contributed by atoms with Crippen LogP contribution in [0.25, 0.3) is 0 Å². The molecule has 0 N–H and O–H groups in total. The molecule has 0 aliphatic carbocycles. The number of sulfonamides is 1. The molecule has 0 spiro atoms. The lowest BCUT2D eigenvalue weighted by atomic mass is 10.1. The Bertz CT molecular complexity index is 611.